The second-order valence-electron chi connectivity index (χ2n) is 3.65. The summed E-state index contributed by atoms with van der Waals surface area (Å²) in [5.41, 5.74) is 1.91. The van der Waals surface area contributed by atoms with Crippen molar-refractivity contribution in [1.29, 1.82) is 0 Å². The van der Waals surface area contributed by atoms with E-state index in [1.54, 1.807) is 0 Å². The summed E-state index contributed by atoms with van der Waals surface area (Å²) in [6.07, 6.45) is 5.41. The number of aliphatic hydroxyl groups excluding tert-OH is 1. The van der Waals surface area contributed by atoms with Crippen LogP contribution in [0.5, 0.6) is 0 Å². The van der Waals surface area contributed by atoms with Crippen molar-refractivity contribution in [2.24, 2.45) is 0 Å². The van der Waals surface area contributed by atoms with Gasteiger partial charge in [-0.15, -0.1) is 0 Å². The molecule has 0 saturated heterocycles. The van der Waals surface area contributed by atoms with Gasteiger partial charge in [0.15, 0.2) is 0 Å². The summed E-state index contributed by atoms with van der Waals surface area (Å²) < 4.78 is 0. The van der Waals surface area contributed by atoms with Gasteiger partial charge in [0.1, 0.15) is 0 Å². The molecule has 1 N–H and O–H groups in total. The summed E-state index contributed by atoms with van der Waals surface area (Å²) in [5, 5.41) is 9.70. The van der Waals surface area contributed by atoms with Crippen LogP contribution in [0.4, 0.5) is 5.69 Å². The lowest BCUT2D eigenvalue weighted by molar-refractivity contribution is 0.282. The van der Waals surface area contributed by atoms with Gasteiger partial charge in [-0.1, -0.05) is 29.8 Å². The van der Waals surface area contributed by atoms with E-state index in [4.69, 9.17) is 16.7 Å². The van der Waals surface area contributed by atoms with E-state index in [0.29, 0.717) is 0 Å². The number of anilines is 1. The zero-order chi connectivity index (χ0) is 10.7. The maximum atomic E-state index is 8.98. The molecule has 2 rings (SSSR count). The van der Waals surface area contributed by atoms with Crippen LogP contribution in [0.1, 0.15) is 12.0 Å². The van der Waals surface area contributed by atoms with Crippen LogP contribution in [0, 0.1) is 0 Å². The summed E-state index contributed by atoms with van der Waals surface area (Å²) in [5.74, 6) is 0. The second-order valence-corrected chi connectivity index (χ2v) is 4.06. The fourth-order valence-corrected chi connectivity index (χ4v) is 2.09. The average Bonchev–Trinajstić information content (AvgIpc) is 2.30. The van der Waals surface area contributed by atoms with Gasteiger partial charge in [-0.3, -0.25) is 0 Å². The lowest BCUT2D eigenvalue weighted by Gasteiger charge is -2.26. The zero-order valence-electron chi connectivity index (χ0n) is 8.49. The number of hydrogen-bond acceptors (Lipinski definition) is 2. The second kappa shape index (κ2) is 4.69. The van der Waals surface area contributed by atoms with Crippen molar-refractivity contribution in [2.75, 3.05) is 18.0 Å². The summed E-state index contributed by atoms with van der Waals surface area (Å²) >= 11 is 6.16. The number of hydrogen-bond donors (Lipinski definition) is 1. The molecule has 0 amide bonds. The molecule has 0 spiro atoms. The maximum Gasteiger partial charge on any atom is 0.0682 e. The molecule has 1 aliphatic heterocycles. The van der Waals surface area contributed by atoms with E-state index in [9.17, 15) is 0 Å². The lowest BCUT2D eigenvalue weighted by atomic mass is 10.1. The summed E-state index contributed by atoms with van der Waals surface area (Å²) in [7, 11) is 0. The number of benzene rings is 1. The van der Waals surface area contributed by atoms with Crippen molar-refractivity contribution < 1.29 is 5.11 Å². The van der Waals surface area contributed by atoms with E-state index in [1.807, 2.05) is 18.2 Å². The molecule has 80 valence electrons. The average molecular weight is 224 g/mol. The molecule has 0 aromatic heterocycles. The Kier molecular flexibility index (Phi) is 3.29. The van der Waals surface area contributed by atoms with Crippen LogP contribution in [-0.4, -0.2) is 18.2 Å². The van der Waals surface area contributed by atoms with Gasteiger partial charge in [-0.25, -0.2) is 0 Å². The Morgan fingerprint density at radius 1 is 1.33 bits per heavy atom. The standard InChI is InChI=1S/C12H14ClNO/c13-11-8-10(9-15)4-5-12(11)14-6-2-1-3-7-14/h1-2,4-5,8,15H,3,6-7,9H2. The number of rotatable bonds is 2. The van der Waals surface area contributed by atoms with E-state index >= 15 is 0 Å². The molecule has 0 radical (unpaired) electrons. The third-order valence-electron chi connectivity index (χ3n) is 2.59. The van der Waals surface area contributed by atoms with E-state index in [-0.39, 0.29) is 6.61 Å². The Bertz CT molecular complexity index is 376. The van der Waals surface area contributed by atoms with Gasteiger partial charge < -0.3 is 10.0 Å². The van der Waals surface area contributed by atoms with Crippen LogP contribution in [0.3, 0.4) is 0 Å². The lowest BCUT2D eigenvalue weighted by Crippen LogP contribution is -2.26. The molecule has 0 aliphatic carbocycles. The van der Waals surface area contributed by atoms with Gasteiger partial charge in [0.2, 0.25) is 0 Å². The largest absolute Gasteiger partial charge is 0.392 e. The van der Waals surface area contributed by atoms with Crippen LogP contribution in [0.15, 0.2) is 30.4 Å². The number of aliphatic hydroxyl groups is 1. The van der Waals surface area contributed by atoms with Crippen molar-refractivity contribution >= 4 is 17.3 Å². The molecule has 1 heterocycles. The van der Waals surface area contributed by atoms with Crippen LogP contribution >= 0.6 is 11.6 Å². The monoisotopic (exact) mass is 223 g/mol. The zero-order valence-corrected chi connectivity index (χ0v) is 9.24. The van der Waals surface area contributed by atoms with Gasteiger partial charge in [0.05, 0.1) is 17.3 Å². The first-order chi connectivity index (χ1) is 7.31. The Morgan fingerprint density at radius 3 is 2.80 bits per heavy atom. The van der Waals surface area contributed by atoms with Gasteiger partial charge in [0, 0.05) is 13.1 Å². The molecule has 0 saturated carbocycles. The van der Waals surface area contributed by atoms with E-state index in [1.165, 1.54) is 0 Å². The minimum absolute atomic E-state index is 0.0416. The predicted molar refractivity (Wildman–Crippen MR) is 63.3 cm³/mol. The minimum atomic E-state index is 0.0416. The molecule has 15 heavy (non-hydrogen) atoms. The molecule has 1 aromatic rings. The first-order valence-electron chi connectivity index (χ1n) is 5.10. The molecule has 1 aromatic carbocycles. The van der Waals surface area contributed by atoms with Crippen LogP contribution in [0.2, 0.25) is 5.02 Å². The molecule has 0 bridgehead atoms. The van der Waals surface area contributed by atoms with Crippen molar-refractivity contribution in [2.45, 2.75) is 13.0 Å². The van der Waals surface area contributed by atoms with Crippen LogP contribution < -0.4 is 4.90 Å². The van der Waals surface area contributed by atoms with Gasteiger partial charge in [0.25, 0.3) is 0 Å². The highest BCUT2D eigenvalue weighted by Gasteiger charge is 2.10. The molecule has 0 fully saturated rings. The quantitative estimate of drug-likeness (QED) is 0.780. The van der Waals surface area contributed by atoms with Gasteiger partial charge in [-0.2, -0.15) is 0 Å². The van der Waals surface area contributed by atoms with Gasteiger partial charge in [-0.05, 0) is 24.1 Å². The van der Waals surface area contributed by atoms with Gasteiger partial charge >= 0.3 is 0 Å². The molecule has 3 heteroatoms. The first kappa shape index (κ1) is 10.5. The third kappa shape index (κ3) is 2.33. The fraction of sp³-hybridized carbons (Fsp3) is 0.333. The minimum Gasteiger partial charge on any atom is -0.392 e. The number of nitrogens with zero attached hydrogens (tertiary/aromatic N) is 1. The van der Waals surface area contributed by atoms with Crippen molar-refractivity contribution in [3.8, 4) is 0 Å². The molecule has 2 nitrogen and oxygen atoms in total. The highest BCUT2D eigenvalue weighted by Crippen LogP contribution is 2.28. The highest BCUT2D eigenvalue weighted by molar-refractivity contribution is 6.33. The van der Waals surface area contributed by atoms with E-state index < -0.39 is 0 Å². The predicted octanol–water partition coefficient (Wildman–Crippen LogP) is 2.60. The van der Waals surface area contributed by atoms with E-state index in [2.05, 4.69) is 17.1 Å². The number of halogens is 1. The van der Waals surface area contributed by atoms with Crippen molar-refractivity contribution in [3.05, 3.63) is 40.9 Å². The smallest absolute Gasteiger partial charge is 0.0682 e. The fourth-order valence-electron chi connectivity index (χ4n) is 1.77. The normalized spacial score (nSPS) is 15.7. The Hall–Kier alpha value is -0.990. The Balaban J connectivity index is 2.24. The SMILES string of the molecule is OCc1ccc(N2CC=CCC2)c(Cl)c1. The van der Waals surface area contributed by atoms with E-state index in [0.717, 1.165) is 35.8 Å². The maximum absolute atomic E-state index is 8.98. The summed E-state index contributed by atoms with van der Waals surface area (Å²) in [4.78, 5) is 2.24. The van der Waals surface area contributed by atoms with Crippen LogP contribution in [0.25, 0.3) is 0 Å². The van der Waals surface area contributed by atoms with Crippen molar-refractivity contribution in [1.82, 2.24) is 0 Å². The molecule has 1 aliphatic rings. The molecule has 0 atom stereocenters. The topological polar surface area (TPSA) is 23.5 Å². The molecule has 0 unspecified atom stereocenters. The Labute approximate surface area is 94.8 Å². The first-order valence-corrected chi connectivity index (χ1v) is 5.48. The highest BCUT2D eigenvalue weighted by atomic mass is 35.5. The van der Waals surface area contributed by atoms with Crippen molar-refractivity contribution in [3.63, 3.8) is 0 Å². The Morgan fingerprint density at radius 2 is 2.20 bits per heavy atom. The van der Waals surface area contributed by atoms with Crippen LogP contribution in [-0.2, 0) is 6.61 Å². The molecular weight excluding hydrogens is 210 g/mol. The summed E-state index contributed by atoms with van der Waals surface area (Å²) in [6, 6.07) is 5.72. The molecular formula is C12H14ClNO. The third-order valence-corrected chi connectivity index (χ3v) is 2.90. The summed E-state index contributed by atoms with van der Waals surface area (Å²) in [6.45, 7) is 1.97.